The molecule has 0 heterocycles. The highest BCUT2D eigenvalue weighted by Crippen LogP contribution is 2.19. The lowest BCUT2D eigenvalue weighted by Gasteiger charge is -2.19. The molecule has 0 aliphatic rings. The first kappa shape index (κ1) is 13.6. The molecule has 17 heavy (non-hydrogen) atoms. The van der Waals surface area contributed by atoms with Crippen LogP contribution in [0, 0.1) is 18.3 Å². The highest BCUT2D eigenvalue weighted by Gasteiger charge is 2.07. The van der Waals surface area contributed by atoms with E-state index in [4.69, 9.17) is 5.26 Å². The number of hydrogen-bond donors (Lipinski definition) is 1. The molecule has 0 saturated heterocycles. The van der Waals surface area contributed by atoms with Gasteiger partial charge in [-0.1, -0.05) is 32.8 Å². The molecule has 0 bridgehead atoms. The average Bonchev–Trinajstić information content (AvgIpc) is 2.36. The quantitative estimate of drug-likeness (QED) is 0.793. The van der Waals surface area contributed by atoms with Crippen molar-refractivity contribution in [3.63, 3.8) is 0 Å². The third-order valence-electron chi connectivity index (χ3n) is 3.13. The molecule has 0 aliphatic heterocycles. The molecule has 1 atom stereocenters. The maximum Gasteiger partial charge on any atom is 0.0992 e. The molecule has 0 aliphatic carbocycles. The molecule has 1 rings (SSSR count). The maximum absolute atomic E-state index is 8.91. The number of nitrogens with zero attached hydrogens (tertiary/aromatic N) is 1. The van der Waals surface area contributed by atoms with E-state index < -0.39 is 0 Å². The maximum atomic E-state index is 8.91. The zero-order valence-corrected chi connectivity index (χ0v) is 11.1. The molecule has 0 fully saturated rings. The number of nitrogens with one attached hydrogen (secondary N) is 1. The van der Waals surface area contributed by atoms with Crippen LogP contribution in [0.4, 0.5) is 5.69 Å². The Balaban J connectivity index is 2.74. The summed E-state index contributed by atoms with van der Waals surface area (Å²) in [6.07, 6.45) is 4.80. The summed E-state index contributed by atoms with van der Waals surface area (Å²) in [4.78, 5) is 0. The molecule has 1 unspecified atom stereocenters. The lowest BCUT2D eigenvalue weighted by Crippen LogP contribution is -2.18. The van der Waals surface area contributed by atoms with Crippen LogP contribution in [0.3, 0.4) is 0 Å². The molecular formula is C15H22N2. The van der Waals surface area contributed by atoms with Crippen molar-refractivity contribution in [2.24, 2.45) is 0 Å². The minimum absolute atomic E-state index is 0.516. The minimum Gasteiger partial charge on any atom is -0.382 e. The van der Waals surface area contributed by atoms with Gasteiger partial charge in [-0.3, -0.25) is 0 Å². The van der Waals surface area contributed by atoms with Crippen LogP contribution in [-0.2, 0) is 0 Å². The van der Waals surface area contributed by atoms with Crippen LogP contribution in [0.2, 0.25) is 0 Å². The van der Waals surface area contributed by atoms with Gasteiger partial charge in [0.15, 0.2) is 0 Å². The smallest absolute Gasteiger partial charge is 0.0992 e. The Morgan fingerprint density at radius 1 is 1.35 bits per heavy atom. The fraction of sp³-hybridized carbons (Fsp3) is 0.533. The van der Waals surface area contributed by atoms with Gasteiger partial charge in [-0.05, 0) is 37.5 Å². The minimum atomic E-state index is 0.516. The zero-order chi connectivity index (χ0) is 12.7. The predicted octanol–water partition coefficient (Wildman–Crippen LogP) is 4.25. The summed E-state index contributed by atoms with van der Waals surface area (Å²) in [5.41, 5.74) is 3.04. The first-order chi connectivity index (χ1) is 8.21. The summed E-state index contributed by atoms with van der Waals surface area (Å²) in [6.45, 7) is 6.50. The van der Waals surface area contributed by atoms with Gasteiger partial charge in [0, 0.05) is 11.7 Å². The SMILES string of the molecule is CCCCC(CC)Nc1cc(C#N)ccc1C. The molecule has 2 nitrogen and oxygen atoms in total. The number of unbranched alkanes of at least 4 members (excludes halogenated alkanes) is 1. The van der Waals surface area contributed by atoms with E-state index in [9.17, 15) is 0 Å². The standard InChI is InChI=1S/C15H22N2/c1-4-6-7-14(5-2)17-15-10-13(11-16)9-8-12(15)3/h8-10,14,17H,4-7H2,1-3H3. The molecule has 0 aromatic heterocycles. The van der Waals surface area contributed by atoms with Gasteiger partial charge in [-0.25, -0.2) is 0 Å². The van der Waals surface area contributed by atoms with Crippen molar-refractivity contribution >= 4 is 5.69 Å². The van der Waals surface area contributed by atoms with Crippen LogP contribution in [0.5, 0.6) is 0 Å². The second kappa shape index (κ2) is 6.96. The van der Waals surface area contributed by atoms with Crippen LogP contribution in [0.1, 0.15) is 50.7 Å². The van der Waals surface area contributed by atoms with E-state index in [0.717, 1.165) is 17.7 Å². The third kappa shape index (κ3) is 4.11. The van der Waals surface area contributed by atoms with Gasteiger partial charge in [-0.2, -0.15) is 5.26 Å². The fourth-order valence-corrected chi connectivity index (χ4v) is 1.90. The lowest BCUT2D eigenvalue weighted by atomic mass is 10.1. The Morgan fingerprint density at radius 2 is 2.12 bits per heavy atom. The molecular weight excluding hydrogens is 208 g/mol. The van der Waals surface area contributed by atoms with Crippen LogP contribution in [0.15, 0.2) is 18.2 Å². The van der Waals surface area contributed by atoms with Gasteiger partial charge in [0.1, 0.15) is 0 Å². The van der Waals surface area contributed by atoms with Gasteiger partial charge >= 0.3 is 0 Å². The van der Waals surface area contributed by atoms with Gasteiger partial charge in [0.2, 0.25) is 0 Å². The fourth-order valence-electron chi connectivity index (χ4n) is 1.90. The molecule has 0 radical (unpaired) electrons. The predicted molar refractivity (Wildman–Crippen MR) is 73.1 cm³/mol. The normalized spacial score (nSPS) is 11.9. The Bertz CT molecular complexity index is 390. The van der Waals surface area contributed by atoms with Crippen LogP contribution < -0.4 is 5.32 Å². The van der Waals surface area contributed by atoms with Gasteiger partial charge < -0.3 is 5.32 Å². The van der Waals surface area contributed by atoms with Gasteiger partial charge in [-0.15, -0.1) is 0 Å². The molecule has 2 heteroatoms. The van der Waals surface area contributed by atoms with Crippen molar-refractivity contribution in [1.29, 1.82) is 5.26 Å². The molecule has 92 valence electrons. The third-order valence-corrected chi connectivity index (χ3v) is 3.13. The molecule has 0 spiro atoms. The van der Waals surface area contributed by atoms with Gasteiger partial charge in [0.05, 0.1) is 11.6 Å². The van der Waals surface area contributed by atoms with Gasteiger partial charge in [0.25, 0.3) is 0 Å². The van der Waals surface area contributed by atoms with Crippen LogP contribution in [-0.4, -0.2) is 6.04 Å². The zero-order valence-electron chi connectivity index (χ0n) is 11.1. The molecule has 0 saturated carbocycles. The van der Waals surface area contributed by atoms with Crippen molar-refractivity contribution in [2.75, 3.05) is 5.32 Å². The second-order valence-corrected chi connectivity index (χ2v) is 4.53. The number of anilines is 1. The van der Waals surface area contributed by atoms with E-state index in [0.29, 0.717) is 6.04 Å². The number of hydrogen-bond acceptors (Lipinski definition) is 2. The largest absolute Gasteiger partial charge is 0.382 e. The highest BCUT2D eigenvalue weighted by atomic mass is 14.9. The molecule has 1 N–H and O–H groups in total. The Kier molecular flexibility index (Phi) is 5.56. The Labute approximate surface area is 105 Å². The average molecular weight is 230 g/mol. The monoisotopic (exact) mass is 230 g/mol. The van der Waals surface area contributed by atoms with Crippen molar-refractivity contribution in [3.05, 3.63) is 29.3 Å². The summed E-state index contributed by atoms with van der Waals surface area (Å²) in [6, 6.07) is 8.53. The highest BCUT2D eigenvalue weighted by molar-refractivity contribution is 5.55. The van der Waals surface area contributed by atoms with E-state index in [-0.39, 0.29) is 0 Å². The Hall–Kier alpha value is -1.49. The van der Waals surface area contributed by atoms with E-state index in [1.165, 1.54) is 24.8 Å². The summed E-state index contributed by atoms with van der Waals surface area (Å²) < 4.78 is 0. The first-order valence-electron chi connectivity index (χ1n) is 6.48. The molecule has 0 amide bonds. The van der Waals surface area contributed by atoms with Crippen molar-refractivity contribution < 1.29 is 0 Å². The lowest BCUT2D eigenvalue weighted by molar-refractivity contribution is 0.593. The summed E-state index contributed by atoms with van der Waals surface area (Å²) >= 11 is 0. The van der Waals surface area contributed by atoms with E-state index in [1.54, 1.807) is 0 Å². The summed E-state index contributed by atoms with van der Waals surface area (Å²) in [5, 5.41) is 12.5. The topological polar surface area (TPSA) is 35.8 Å². The summed E-state index contributed by atoms with van der Waals surface area (Å²) in [5.74, 6) is 0. The first-order valence-corrected chi connectivity index (χ1v) is 6.48. The number of rotatable bonds is 6. The van der Waals surface area contributed by atoms with Crippen LogP contribution in [0.25, 0.3) is 0 Å². The van der Waals surface area contributed by atoms with Crippen LogP contribution >= 0.6 is 0 Å². The number of benzene rings is 1. The number of aryl methyl sites for hydroxylation is 1. The van der Waals surface area contributed by atoms with E-state index >= 15 is 0 Å². The molecule has 1 aromatic rings. The van der Waals surface area contributed by atoms with Crippen molar-refractivity contribution in [3.8, 4) is 6.07 Å². The van der Waals surface area contributed by atoms with Crippen molar-refractivity contribution in [2.45, 2.75) is 52.5 Å². The van der Waals surface area contributed by atoms with E-state index in [1.807, 2.05) is 18.2 Å². The van der Waals surface area contributed by atoms with Crippen molar-refractivity contribution in [1.82, 2.24) is 0 Å². The molecule has 1 aromatic carbocycles. The summed E-state index contributed by atoms with van der Waals surface area (Å²) in [7, 11) is 0. The Morgan fingerprint density at radius 3 is 2.71 bits per heavy atom. The second-order valence-electron chi connectivity index (χ2n) is 4.53. The van der Waals surface area contributed by atoms with E-state index in [2.05, 4.69) is 32.2 Å². The number of nitriles is 1.